The molecule has 3 nitrogen and oxygen atoms in total. The van der Waals surface area contributed by atoms with Crippen LogP contribution in [0, 0.1) is 0 Å². The molecule has 0 aliphatic rings. The Morgan fingerprint density at radius 1 is 1.40 bits per heavy atom. The molecule has 0 atom stereocenters. The van der Waals surface area contributed by atoms with Crippen LogP contribution in [-0.2, 0) is 6.54 Å². The molecule has 1 aromatic heterocycles. The van der Waals surface area contributed by atoms with E-state index in [9.17, 15) is 13.2 Å². The molecule has 1 heterocycles. The quantitative estimate of drug-likeness (QED) is 0.844. The van der Waals surface area contributed by atoms with Crippen LogP contribution in [0.25, 0.3) is 0 Å². The summed E-state index contributed by atoms with van der Waals surface area (Å²) in [5, 5.41) is 3.20. The molecule has 114 valence electrons. The van der Waals surface area contributed by atoms with Crippen LogP contribution in [0.1, 0.15) is 26.3 Å². The number of alkyl halides is 3. The summed E-state index contributed by atoms with van der Waals surface area (Å²) in [5.74, 6) is 0.376. The van der Waals surface area contributed by atoms with E-state index in [2.05, 4.69) is 26.2 Å². The first-order valence-electron chi connectivity index (χ1n) is 6.42. The van der Waals surface area contributed by atoms with Gasteiger partial charge in [0.15, 0.2) is 0 Å². The zero-order valence-electron chi connectivity index (χ0n) is 11.8. The van der Waals surface area contributed by atoms with Gasteiger partial charge in [-0.1, -0.05) is 13.8 Å². The molecule has 1 N–H and O–H groups in total. The van der Waals surface area contributed by atoms with Crippen LogP contribution in [0.2, 0.25) is 0 Å². The fraction of sp³-hybridized carbons (Fsp3) is 0.615. The molecule has 0 spiro atoms. The van der Waals surface area contributed by atoms with E-state index >= 15 is 0 Å². The Morgan fingerprint density at radius 2 is 2.05 bits per heavy atom. The van der Waals surface area contributed by atoms with Crippen molar-refractivity contribution in [3.05, 3.63) is 22.3 Å². The molecule has 0 saturated heterocycles. The van der Waals surface area contributed by atoms with Crippen molar-refractivity contribution in [1.29, 1.82) is 0 Å². The number of anilines is 1. The number of aromatic nitrogens is 1. The second kappa shape index (κ2) is 7.26. The van der Waals surface area contributed by atoms with E-state index in [1.54, 1.807) is 13.0 Å². The van der Waals surface area contributed by atoms with Crippen molar-refractivity contribution < 1.29 is 13.2 Å². The fourth-order valence-electron chi connectivity index (χ4n) is 1.76. The van der Waals surface area contributed by atoms with Crippen LogP contribution in [0.15, 0.2) is 16.7 Å². The number of pyridine rings is 1. The Bertz CT molecular complexity index is 435. The fourth-order valence-corrected chi connectivity index (χ4v) is 2.13. The molecule has 0 aliphatic heterocycles. The van der Waals surface area contributed by atoms with Gasteiger partial charge >= 0.3 is 6.18 Å². The number of hydrogen-bond donors (Lipinski definition) is 1. The zero-order chi connectivity index (χ0) is 15.3. The van der Waals surface area contributed by atoms with E-state index in [4.69, 9.17) is 0 Å². The Labute approximate surface area is 125 Å². The van der Waals surface area contributed by atoms with E-state index < -0.39 is 12.7 Å². The topological polar surface area (TPSA) is 28.2 Å². The molecule has 1 aromatic rings. The lowest BCUT2D eigenvalue weighted by atomic mass is 10.2. The average molecular weight is 354 g/mol. The standard InChI is InChI=1S/C13H19BrF3N3/c1-4-20(8-13(15,16)17)12-10(6-18-9(2)3)5-11(14)7-19-12/h5,7,9,18H,4,6,8H2,1-3H3. The summed E-state index contributed by atoms with van der Waals surface area (Å²) in [6, 6.07) is 2.05. The van der Waals surface area contributed by atoms with Gasteiger partial charge in [-0.2, -0.15) is 13.2 Å². The third-order valence-corrected chi connectivity index (χ3v) is 3.10. The second-order valence-electron chi connectivity index (χ2n) is 4.80. The van der Waals surface area contributed by atoms with Gasteiger partial charge in [0.2, 0.25) is 0 Å². The van der Waals surface area contributed by atoms with Gasteiger partial charge in [-0.15, -0.1) is 0 Å². The van der Waals surface area contributed by atoms with Gasteiger partial charge in [-0.25, -0.2) is 4.98 Å². The smallest absolute Gasteiger partial charge is 0.348 e. The lowest BCUT2D eigenvalue weighted by Crippen LogP contribution is -2.36. The summed E-state index contributed by atoms with van der Waals surface area (Å²) in [6.07, 6.45) is -2.72. The monoisotopic (exact) mass is 353 g/mol. The highest BCUT2D eigenvalue weighted by Crippen LogP contribution is 2.25. The Hall–Kier alpha value is -0.820. The number of halogens is 4. The largest absolute Gasteiger partial charge is 0.405 e. The van der Waals surface area contributed by atoms with Crippen molar-refractivity contribution in [1.82, 2.24) is 10.3 Å². The number of hydrogen-bond acceptors (Lipinski definition) is 3. The predicted octanol–water partition coefficient (Wildman–Crippen LogP) is 3.73. The minimum absolute atomic E-state index is 0.250. The van der Waals surface area contributed by atoms with Crippen LogP contribution in [0.3, 0.4) is 0 Å². The number of nitrogens with zero attached hydrogens (tertiary/aromatic N) is 2. The molecule has 0 aliphatic carbocycles. The first kappa shape index (κ1) is 17.2. The van der Waals surface area contributed by atoms with Crippen molar-refractivity contribution in [3.8, 4) is 0 Å². The molecule has 0 bridgehead atoms. The molecule has 0 saturated carbocycles. The first-order chi connectivity index (χ1) is 9.23. The van der Waals surface area contributed by atoms with E-state index in [-0.39, 0.29) is 12.6 Å². The van der Waals surface area contributed by atoms with Crippen LogP contribution in [0.5, 0.6) is 0 Å². The Kier molecular flexibility index (Phi) is 6.26. The lowest BCUT2D eigenvalue weighted by molar-refractivity contribution is -0.119. The summed E-state index contributed by atoms with van der Waals surface area (Å²) in [4.78, 5) is 5.39. The number of nitrogens with one attached hydrogen (secondary N) is 1. The minimum atomic E-state index is -4.24. The van der Waals surface area contributed by atoms with Gasteiger partial charge in [0, 0.05) is 35.4 Å². The van der Waals surface area contributed by atoms with Gasteiger partial charge in [0.25, 0.3) is 0 Å². The maximum Gasteiger partial charge on any atom is 0.405 e. The van der Waals surface area contributed by atoms with Gasteiger partial charge in [-0.05, 0) is 28.9 Å². The van der Waals surface area contributed by atoms with Crippen LogP contribution in [0.4, 0.5) is 19.0 Å². The third-order valence-electron chi connectivity index (χ3n) is 2.66. The second-order valence-corrected chi connectivity index (χ2v) is 5.72. The van der Waals surface area contributed by atoms with E-state index in [1.807, 2.05) is 13.8 Å². The molecule has 0 unspecified atom stereocenters. The van der Waals surface area contributed by atoms with Gasteiger partial charge in [0.1, 0.15) is 12.4 Å². The maximum absolute atomic E-state index is 12.6. The van der Waals surface area contributed by atoms with E-state index in [1.165, 1.54) is 11.1 Å². The minimum Gasteiger partial charge on any atom is -0.348 e. The molecule has 7 heteroatoms. The summed E-state index contributed by atoms with van der Waals surface area (Å²) < 4.78 is 38.6. The summed E-state index contributed by atoms with van der Waals surface area (Å²) in [7, 11) is 0. The molecule has 1 rings (SSSR count). The lowest BCUT2D eigenvalue weighted by Gasteiger charge is -2.26. The molecule has 0 aromatic carbocycles. The van der Waals surface area contributed by atoms with Gasteiger partial charge in [0.05, 0.1) is 0 Å². The third kappa shape index (κ3) is 5.66. The Morgan fingerprint density at radius 3 is 2.55 bits per heavy atom. The van der Waals surface area contributed by atoms with Crippen LogP contribution >= 0.6 is 15.9 Å². The van der Waals surface area contributed by atoms with Gasteiger partial charge < -0.3 is 10.2 Å². The normalized spacial score (nSPS) is 12.0. The summed E-state index contributed by atoms with van der Waals surface area (Å²) >= 11 is 3.30. The first-order valence-corrected chi connectivity index (χ1v) is 7.21. The molecule has 0 amide bonds. The molecule has 20 heavy (non-hydrogen) atoms. The van der Waals surface area contributed by atoms with Crippen molar-refractivity contribution in [2.75, 3.05) is 18.0 Å². The van der Waals surface area contributed by atoms with Gasteiger partial charge in [-0.3, -0.25) is 0 Å². The van der Waals surface area contributed by atoms with E-state index in [0.717, 1.165) is 10.0 Å². The summed E-state index contributed by atoms with van der Waals surface area (Å²) in [6.45, 7) is 5.40. The highest BCUT2D eigenvalue weighted by Gasteiger charge is 2.31. The molecule has 0 radical (unpaired) electrons. The molecular formula is C13H19BrF3N3. The van der Waals surface area contributed by atoms with E-state index in [0.29, 0.717) is 12.4 Å². The highest BCUT2D eigenvalue weighted by molar-refractivity contribution is 9.10. The zero-order valence-corrected chi connectivity index (χ0v) is 13.3. The molecular weight excluding hydrogens is 335 g/mol. The molecule has 0 fully saturated rings. The maximum atomic E-state index is 12.6. The van der Waals surface area contributed by atoms with Crippen LogP contribution in [-0.4, -0.2) is 30.3 Å². The number of rotatable bonds is 6. The summed E-state index contributed by atoms with van der Waals surface area (Å²) in [5.41, 5.74) is 0.749. The van der Waals surface area contributed by atoms with Crippen molar-refractivity contribution >= 4 is 21.7 Å². The Balaban J connectivity index is 3.01. The van der Waals surface area contributed by atoms with Crippen molar-refractivity contribution in [2.24, 2.45) is 0 Å². The average Bonchev–Trinajstić information content (AvgIpc) is 2.32. The SMILES string of the molecule is CCN(CC(F)(F)F)c1ncc(Br)cc1CNC(C)C. The van der Waals surface area contributed by atoms with Crippen molar-refractivity contribution in [2.45, 2.75) is 39.5 Å². The van der Waals surface area contributed by atoms with Crippen LogP contribution < -0.4 is 10.2 Å². The van der Waals surface area contributed by atoms with Crippen molar-refractivity contribution in [3.63, 3.8) is 0 Å². The predicted molar refractivity (Wildman–Crippen MR) is 77.9 cm³/mol. The highest BCUT2D eigenvalue weighted by atomic mass is 79.9.